The molecule has 2 aromatic rings. The van der Waals surface area contributed by atoms with Gasteiger partial charge in [0.25, 0.3) is 5.69 Å². The molecule has 0 aliphatic rings. The predicted octanol–water partition coefficient (Wildman–Crippen LogP) is 3.29. The molecule has 0 unspecified atom stereocenters. The number of hydrogen-bond acceptors (Lipinski definition) is 3. The van der Waals surface area contributed by atoms with Crippen molar-refractivity contribution in [2.45, 2.75) is 13.5 Å². The Balaban J connectivity index is 2.41. The molecule has 0 aliphatic heterocycles. The average Bonchev–Trinajstić information content (AvgIpc) is 2.39. The smallest absolute Gasteiger partial charge is 0.270 e. The fourth-order valence-corrected chi connectivity index (χ4v) is 2.15. The molecule has 0 radical (unpaired) electrons. The van der Waals surface area contributed by atoms with Crippen molar-refractivity contribution in [2.24, 2.45) is 0 Å². The largest absolute Gasteiger partial charge is 0.316 e. The number of nitro groups is 1. The summed E-state index contributed by atoms with van der Waals surface area (Å²) in [6, 6.07) is 12.9. The van der Waals surface area contributed by atoms with Crippen molar-refractivity contribution in [3.8, 4) is 11.1 Å². The lowest BCUT2D eigenvalue weighted by Gasteiger charge is -2.08. The highest BCUT2D eigenvalue weighted by molar-refractivity contribution is 5.69. The molecule has 0 spiro atoms. The third-order valence-electron chi connectivity index (χ3n) is 3.04. The second kappa shape index (κ2) is 5.63. The molecule has 0 fully saturated rings. The summed E-state index contributed by atoms with van der Waals surface area (Å²) < 4.78 is 0. The molecule has 0 heterocycles. The number of aryl methyl sites for hydroxylation is 1. The van der Waals surface area contributed by atoms with Gasteiger partial charge in [0.15, 0.2) is 0 Å². The van der Waals surface area contributed by atoms with Gasteiger partial charge in [-0.2, -0.15) is 0 Å². The van der Waals surface area contributed by atoms with E-state index in [1.807, 2.05) is 32.2 Å². The second-order valence-electron chi connectivity index (χ2n) is 4.49. The molecule has 0 aromatic heterocycles. The van der Waals surface area contributed by atoms with Crippen LogP contribution in [0.4, 0.5) is 5.69 Å². The van der Waals surface area contributed by atoms with E-state index in [-0.39, 0.29) is 10.6 Å². The highest BCUT2D eigenvalue weighted by Gasteiger charge is 2.09. The van der Waals surface area contributed by atoms with Crippen LogP contribution in [0.2, 0.25) is 0 Å². The Morgan fingerprint density at radius 2 is 2.00 bits per heavy atom. The Hall–Kier alpha value is -2.20. The summed E-state index contributed by atoms with van der Waals surface area (Å²) in [6.45, 7) is 2.84. The van der Waals surface area contributed by atoms with Crippen LogP contribution in [0.3, 0.4) is 0 Å². The maximum Gasteiger partial charge on any atom is 0.270 e. The lowest BCUT2D eigenvalue weighted by atomic mass is 9.98. The molecule has 2 rings (SSSR count). The summed E-state index contributed by atoms with van der Waals surface area (Å²) in [5.74, 6) is 0. The standard InChI is InChI=1S/C15H16N2O2/c1-11-8-12(10-16-2)6-7-15(11)13-4-3-5-14(9-13)17(18)19/h3-9,16H,10H2,1-2H3. The molecule has 4 nitrogen and oxygen atoms in total. The molecule has 0 aliphatic carbocycles. The first-order chi connectivity index (χ1) is 9.11. The van der Waals surface area contributed by atoms with Crippen molar-refractivity contribution in [3.63, 3.8) is 0 Å². The quantitative estimate of drug-likeness (QED) is 0.674. The number of benzene rings is 2. The maximum absolute atomic E-state index is 10.8. The molecule has 2 aromatic carbocycles. The lowest BCUT2D eigenvalue weighted by Crippen LogP contribution is -2.05. The monoisotopic (exact) mass is 256 g/mol. The van der Waals surface area contributed by atoms with Gasteiger partial charge in [-0.05, 0) is 36.2 Å². The highest BCUT2D eigenvalue weighted by atomic mass is 16.6. The number of nitrogens with zero attached hydrogens (tertiary/aromatic N) is 1. The van der Waals surface area contributed by atoms with E-state index in [9.17, 15) is 10.1 Å². The Bertz CT molecular complexity index is 609. The Morgan fingerprint density at radius 1 is 1.21 bits per heavy atom. The molecule has 0 amide bonds. The zero-order valence-electron chi connectivity index (χ0n) is 11.0. The summed E-state index contributed by atoms with van der Waals surface area (Å²) in [5.41, 5.74) is 4.35. The van der Waals surface area contributed by atoms with E-state index in [2.05, 4.69) is 11.4 Å². The molecule has 0 bridgehead atoms. The Labute approximate surface area is 112 Å². The van der Waals surface area contributed by atoms with Gasteiger partial charge in [-0.15, -0.1) is 0 Å². The van der Waals surface area contributed by atoms with E-state index in [1.165, 1.54) is 11.6 Å². The summed E-state index contributed by atoms with van der Waals surface area (Å²) >= 11 is 0. The summed E-state index contributed by atoms with van der Waals surface area (Å²) in [4.78, 5) is 10.4. The summed E-state index contributed by atoms with van der Waals surface area (Å²) in [6.07, 6.45) is 0. The number of non-ortho nitro benzene ring substituents is 1. The number of rotatable bonds is 4. The van der Waals surface area contributed by atoms with Gasteiger partial charge in [-0.25, -0.2) is 0 Å². The van der Waals surface area contributed by atoms with E-state index in [0.717, 1.165) is 23.2 Å². The first-order valence-corrected chi connectivity index (χ1v) is 6.11. The molecular weight excluding hydrogens is 240 g/mol. The fourth-order valence-electron chi connectivity index (χ4n) is 2.15. The van der Waals surface area contributed by atoms with Crippen LogP contribution in [0.5, 0.6) is 0 Å². The van der Waals surface area contributed by atoms with Gasteiger partial charge in [0, 0.05) is 18.7 Å². The Morgan fingerprint density at radius 3 is 2.63 bits per heavy atom. The zero-order chi connectivity index (χ0) is 13.8. The molecule has 1 N–H and O–H groups in total. The van der Waals surface area contributed by atoms with Crippen LogP contribution >= 0.6 is 0 Å². The topological polar surface area (TPSA) is 55.2 Å². The molecule has 98 valence electrons. The number of nitrogens with one attached hydrogen (secondary N) is 1. The van der Waals surface area contributed by atoms with Crippen LogP contribution in [-0.2, 0) is 6.54 Å². The predicted molar refractivity (Wildman–Crippen MR) is 76.0 cm³/mol. The fraction of sp³-hybridized carbons (Fsp3) is 0.200. The average molecular weight is 256 g/mol. The van der Waals surface area contributed by atoms with E-state index in [0.29, 0.717) is 0 Å². The van der Waals surface area contributed by atoms with Gasteiger partial charge in [0.05, 0.1) is 4.92 Å². The van der Waals surface area contributed by atoms with Crippen molar-refractivity contribution >= 4 is 5.69 Å². The SMILES string of the molecule is CNCc1ccc(-c2cccc([N+](=O)[O-])c2)c(C)c1. The highest BCUT2D eigenvalue weighted by Crippen LogP contribution is 2.27. The molecular formula is C15H16N2O2. The molecule has 0 saturated carbocycles. The minimum atomic E-state index is -0.367. The Kier molecular flexibility index (Phi) is 3.92. The second-order valence-corrected chi connectivity index (χ2v) is 4.49. The van der Waals surface area contributed by atoms with Crippen molar-refractivity contribution in [2.75, 3.05) is 7.05 Å². The first kappa shape index (κ1) is 13.2. The van der Waals surface area contributed by atoms with E-state index in [1.54, 1.807) is 12.1 Å². The summed E-state index contributed by atoms with van der Waals surface area (Å²) in [5, 5.41) is 13.9. The molecule has 0 atom stereocenters. The van der Waals surface area contributed by atoms with Crippen molar-refractivity contribution < 1.29 is 4.92 Å². The molecule has 0 saturated heterocycles. The van der Waals surface area contributed by atoms with Crippen molar-refractivity contribution in [3.05, 3.63) is 63.7 Å². The van der Waals surface area contributed by atoms with Crippen LogP contribution in [0.1, 0.15) is 11.1 Å². The summed E-state index contributed by atoms with van der Waals surface area (Å²) in [7, 11) is 1.91. The van der Waals surface area contributed by atoms with Gasteiger partial charge in [-0.1, -0.05) is 30.3 Å². The van der Waals surface area contributed by atoms with Crippen LogP contribution in [0, 0.1) is 17.0 Å². The van der Waals surface area contributed by atoms with Gasteiger partial charge >= 0.3 is 0 Å². The van der Waals surface area contributed by atoms with E-state index >= 15 is 0 Å². The van der Waals surface area contributed by atoms with Gasteiger partial charge < -0.3 is 5.32 Å². The van der Waals surface area contributed by atoms with Crippen molar-refractivity contribution in [1.29, 1.82) is 0 Å². The van der Waals surface area contributed by atoms with Crippen LogP contribution in [-0.4, -0.2) is 12.0 Å². The minimum absolute atomic E-state index is 0.121. The third-order valence-corrected chi connectivity index (χ3v) is 3.04. The van der Waals surface area contributed by atoms with E-state index < -0.39 is 0 Å². The normalized spacial score (nSPS) is 10.4. The lowest BCUT2D eigenvalue weighted by molar-refractivity contribution is -0.384. The first-order valence-electron chi connectivity index (χ1n) is 6.11. The van der Waals surface area contributed by atoms with Crippen LogP contribution < -0.4 is 5.32 Å². The number of hydrogen-bond donors (Lipinski definition) is 1. The van der Waals surface area contributed by atoms with Gasteiger partial charge in [-0.3, -0.25) is 10.1 Å². The van der Waals surface area contributed by atoms with Gasteiger partial charge in [0.1, 0.15) is 0 Å². The zero-order valence-corrected chi connectivity index (χ0v) is 11.0. The van der Waals surface area contributed by atoms with Crippen LogP contribution in [0.15, 0.2) is 42.5 Å². The number of nitro benzene ring substituents is 1. The minimum Gasteiger partial charge on any atom is -0.316 e. The van der Waals surface area contributed by atoms with Crippen LogP contribution in [0.25, 0.3) is 11.1 Å². The third kappa shape index (κ3) is 2.98. The maximum atomic E-state index is 10.8. The van der Waals surface area contributed by atoms with Crippen molar-refractivity contribution in [1.82, 2.24) is 5.32 Å². The molecule has 19 heavy (non-hydrogen) atoms. The van der Waals surface area contributed by atoms with E-state index in [4.69, 9.17) is 0 Å². The molecule has 4 heteroatoms. The van der Waals surface area contributed by atoms with Gasteiger partial charge in [0.2, 0.25) is 0 Å².